The van der Waals surface area contributed by atoms with Crippen LogP contribution in [0.5, 0.6) is 0 Å². The Balaban J connectivity index is 1.48. The highest BCUT2D eigenvalue weighted by atomic mass is 32.2. The van der Waals surface area contributed by atoms with Gasteiger partial charge in [0.2, 0.25) is 10.0 Å². The molecule has 0 saturated carbocycles. The van der Waals surface area contributed by atoms with E-state index in [2.05, 4.69) is 15.0 Å². The minimum absolute atomic E-state index is 0.0451. The summed E-state index contributed by atoms with van der Waals surface area (Å²) in [5, 5.41) is 4.66. The molecule has 1 fully saturated rings. The SMILES string of the molecule is Cc1nn(-c2ccccn2)c(C)c1N1CCN(S(=O)(=O)Cc2ccccc2)CC1. The van der Waals surface area contributed by atoms with Crippen LogP contribution in [0, 0.1) is 13.8 Å². The average molecular weight is 412 g/mol. The van der Waals surface area contributed by atoms with Crippen LogP contribution < -0.4 is 4.90 Å². The van der Waals surface area contributed by atoms with E-state index >= 15 is 0 Å². The van der Waals surface area contributed by atoms with Gasteiger partial charge in [0, 0.05) is 32.4 Å². The number of pyridine rings is 1. The lowest BCUT2D eigenvalue weighted by atomic mass is 10.2. The standard InChI is InChI=1S/C21H25N5O2S/c1-17-21(18(2)26(23-17)20-10-6-7-11-22-20)24-12-14-25(15-13-24)29(27,28)16-19-8-4-3-5-9-19/h3-11H,12-16H2,1-2H3. The third-order valence-corrected chi connectivity index (χ3v) is 7.11. The normalized spacial score (nSPS) is 15.6. The first-order chi connectivity index (χ1) is 14.0. The molecule has 1 saturated heterocycles. The number of rotatable bonds is 5. The Labute approximate surface area is 171 Å². The fourth-order valence-corrected chi connectivity index (χ4v) is 5.38. The molecular weight excluding hydrogens is 386 g/mol. The number of piperazine rings is 1. The Morgan fingerprint density at radius 2 is 1.62 bits per heavy atom. The highest BCUT2D eigenvalue weighted by Gasteiger charge is 2.29. The van der Waals surface area contributed by atoms with Crippen LogP contribution in [0.2, 0.25) is 0 Å². The van der Waals surface area contributed by atoms with Crippen molar-refractivity contribution in [1.29, 1.82) is 0 Å². The van der Waals surface area contributed by atoms with Crippen LogP contribution >= 0.6 is 0 Å². The number of aromatic nitrogens is 3. The Morgan fingerprint density at radius 3 is 2.28 bits per heavy atom. The van der Waals surface area contributed by atoms with Crippen molar-refractivity contribution in [3.05, 3.63) is 71.7 Å². The first-order valence-corrected chi connectivity index (χ1v) is 11.3. The van der Waals surface area contributed by atoms with Crippen LogP contribution in [0.15, 0.2) is 54.7 Å². The second-order valence-electron chi connectivity index (χ2n) is 7.25. The molecule has 1 aliphatic rings. The van der Waals surface area contributed by atoms with Gasteiger partial charge < -0.3 is 4.90 Å². The Hall–Kier alpha value is -2.71. The lowest BCUT2D eigenvalue weighted by molar-refractivity contribution is 0.384. The summed E-state index contributed by atoms with van der Waals surface area (Å²) in [5.74, 6) is 0.826. The van der Waals surface area contributed by atoms with Crippen molar-refractivity contribution in [3.63, 3.8) is 0 Å². The molecule has 3 heterocycles. The van der Waals surface area contributed by atoms with E-state index in [9.17, 15) is 8.42 Å². The highest BCUT2D eigenvalue weighted by molar-refractivity contribution is 7.88. The Kier molecular flexibility index (Phi) is 5.38. The van der Waals surface area contributed by atoms with E-state index in [1.165, 1.54) is 0 Å². The smallest absolute Gasteiger partial charge is 0.218 e. The van der Waals surface area contributed by atoms with Crippen molar-refractivity contribution < 1.29 is 8.42 Å². The highest BCUT2D eigenvalue weighted by Crippen LogP contribution is 2.28. The number of hydrogen-bond donors (Lipinski definition) is 0. The van der Waals surface area contributed by atoms with Gasteiger partial charge in [-0.2, -0.15) is 9.40 Å². The van der Waals surface area contributed by atoms with E-state index in [1.54, 1.807) is 10.5 Å². The third kappa shape index (κ3) is 4.04. The summed E-state index contributed by atoms with van der Waals surface area (Å²) in [6.45, 7) is 6.25. The Morgan fingerprint density at radius 1 is 0.931 bits per heavy atom. The quantitative estimate of drug-likeness (QED) is 0.645. The molecule has 4 rings (SSSR count). The van der Waals surface area contributed by atoms with Crippen molar-refractivity contribution in [2.75, 3.05) is 31.1 Å². The lowest BCUT2D eigenvalue weighted by Gasteiger charge is -2.35. The van der Waals surface area contributed by atoms with Gasteiger partial charge in [0.25, 0.3) is 0 Å². The van der Waals surface area contributed by atoms with Crippen LogP contribution in [0.4, 0.5) is 5.69 Å². The topological polar surface area (TPSA) is 71.3 Å². The van der Waals surface area contributed by atoms with E-state index in [1.807, 2.05) is 67.1 Å². The number of sulfonamides is 1. The number of benzene rings is 1. The summed E-state index contributed by atoms with van der Waals surface area (Å²) in [7, 11) is -3.32. The molecule has 7 nitrogen and oxygen atoms in total. The van der Waals surface area contributed by atoms with Gasteiger partial charge in [-0.05, 0) is 31.5 Å². The van der Waals surface area contributed by atoms with Gasteiger partial charge in [0.1, 0.15) is 0 Å². The summed E-state index contributed by atoms with van der Waals surface area (Å²) in [6, 6.07) is 15.1. The van der Waals surface area contributed by atoms with Gasteiger partial charge in [0.05, 0.1) is 22.8 Å². The summed E-state index contributed by atoms with van der Waals surface area (Å²) in [4.78, 5) is 6.62. The minimum atomic E-state index is -3.32. The summed E-state index contributed by atoms with van der Waals surface area (Å²) < 4.78 is 29.1. The van der Waals surface area contributed by atoms with E-state index in [4.69, 9.17) is 0 Å². The maximum absolute atomic E-state index is 12.8. The molecule has 1 aromatic carbocycles. The summed E-state index contributed by atoms with van der Waals surface area (Å²) in [5.41, 5.74) is 3.82. The number of anilines is 1. The van der Waals surface area contributed by atoms with Crippen molar-refractivity contribution in [3.8, 4) is 5.82 Å². The zero-order valence-electron chi connectivity index (χ0n) is 16.7. The van der Waals surface area contributed by atoms with Gasteiger partial charge in [0.15, 0.2) is 5.82 Å². The maximum atomic E-state index is 12.8. The second-order valence-corrected chi connectivity index (χ2v) is 9.22. The predicted molar refractivity (Wildman–Crippen MR) is 114 cm³/mol. The van der Waals surface area contributed by atoms with Gasteiger partial charge in [-0.1, -0.05) is 36.4 Å². The van der Waals surface area contributed by atoms with E-state index < -0.39 is 10.0 Å². The molecule has 0 aliphatic carbocycles. The second kappa shape index (κ2) is 7.96. The van der Waals surface area contributed by atoms with Crippen molar-refractivity contribution in [1.82, 2.24) is 19.1 Å². The lowest BCUT2D eigenvalue weighted by Crippen LogP contribution is -2.49. The van der Waals surface area contributed by atoms with Crippen LogP contribution in [-0.4, -0.2) is 53.7 Å². The molecule has 0 atom stereocenters. The van der Waals surface area contributed by atoms with Gasteiger partial charge in [-0.3, -0.25) is 0 Å². The predicted octanol–water partition coefficient (Wildman–Crippen LogP) is 2.54. The molecule has 2 aromatic heterocycles. The monoisotopic (exact) mass is 411 g/mol. The fraction of sp³-hybridized carbons (Fsp3) is 0.333. The summed E-state index contributed by atoms with van der Waals surface area (Å²) in [6.07, 6.45) is 1.75. The van der Waals surface area contributed by atoms with Crippen LogP contribution in [0.1, 0.15) is 17.0 Å². The van der Waals surface area contributed by atoms with Gasteiger partial charge in [-0.25, -0.2) is 18.1 Å². The zero-order valence-corrected chi connectivity index (χ0v) is 17.5. The van der Waals surface area contributed by atoms with E-state index in [0.29, 0.717) is 26.2 Å². The van der Waals surface area contributed by atoms with E-state index in [-0.39, 0.29) is 5.75 Å². The van der Waals surface area contributed by atoms with Crippen LogP contribution in [-0.2, 0) is 15.8 Å². The average Bonchev–Trinajstić information content (AvgIpc) is 3.03. The Bertz CT molecular complexity index is 1070. The molecule has 0 spiro atoms. The van der Waals surface area contributed by atoms with Crippen molar-refractivity contribution >= 4 is 15.7 Å². The molecule has 0 unspecified atom stereocenters. The van der Waals surface area contributed by atoms with Crippen LogP contribution in [0.3, 0.4) is 0 Å². The molecule has 0 bridgehead atoms. The van der Waals surface area contributed by atoms with E-state index in [0.717, 1.165) is 28.5 Å². The molecule has 0 amide bonds. The molecule has 8 heteroatoms. The van der Waals surface area contributed by atoms with Crippen molar-refractivity contribution in [2.24, 2.45) is 0 Å². The molecule has 3 aromatic rings. The number of nitrogens with zero attached hydrogens (tertiary/aromatic N) is 5. The van der Waals surface area contributed by atoms with Crippen LogP contribution in [0.25, 0.3) is 5.82 Å². The molecule has 152 valence electrons. The largest absolute Gasteiger partial charge is 0.366 e. The van der Waals surface area contributed by atoms with Crippen molar-refractivity contribution in [2.45, 2.75) is 19.6 Å². The minimum Gasteiger partial charge on any atom is -0.366 e. The molecule has 0 radical (unpaired) electrons. The third-order valence-electron chi connectivity index (χ3n) is 5.26. The number of hydrogen-bond acceptors (Lipinski definition) is 5. The number of aryl methyl sites for hydroxylation is 1. The maximum Gasteiger partial charge on any atom is 0.218 e. The first kappa shape index (κ1) is 19.6. The zero-order chi connectivity index (χ0) is 20.4. The molecule has 29 heavy (non-hydrogen) atoms. The molecule has 1 aliphatic heterocycles. The summed E-state index contributed by atoms with van der Waals surface area (Å²) >= 11 is 0. The molecule has 0 N–H and O–H groups in total. The van der Waals surface area contributed by atoms with Gasteiger partial charge in [-0.15, -0.1) is 0 Å². The molecular formula is C21H25N5O2S. The first-order valence-electron chi connectivity index (χ1n) is 9.70. The van der Waals surface area contributed by atoms with Gasteiger partial charge >= 0.3 is 0 Å². The fourth-order valence-electron chi connectivity index (χ4n) is 3.86.